The Morgan fingerprint density at radius 3 is 2.18 bits per heavy atom. The molecule has 2 nitrogen and oxygen atoms in total. The van der Waals surface area contributed by atoms with Crippen LogP contribution in [0.15, 0.2) is 30.3 Å². The Bertz CT molecular complexity index is 373. The number of esters is 1. The first-order chi connectivity index (χ1) is 10.8. The third-order valence-electron chi connectivity index (χ3n) is 3.95. The summed E-state index contributed by atoms with van der Waals surface area (Å²) in [5, 5.41) is 0. The first-order valence-electron chi connectivity index (χ1n) is 9.02. The van der Waals surface area contributed by atoms with Crippen molar-refractivity contribution in [2.75, 3.05) is 6.61 Å². The highest BCUT2D eigenvalue weighted by molar-refractivity contribution is 5.69. The molecule has 1 aromatic rings. The molecule has 22 heavy (non-hydrogen) atoms. The van der Waals surface area contributed by atoms with Crippen LogP contribution in [-0.4, -0.2) is 12.6 Å². The maximum absolute atomic E-state index is 11.6. The SMILES string of the molecule is CCCCCCCCCCC(=O)OCCCc1ccccc1. The van der Waals surface area contributed by atoms with Crippen molar-refractivity contribution in [3.63, 3.8) is 0 Å². The second-order valence-electron chi connectivity index (χ2n) is 6.03. The third kappa shape index (κ3) is 10.4. The van der Waals surface area contributed by atoms with Gasteiger partial charge >= 0.3 is 5.97 Å². The molecule has 1 aromatic carbocycles. The molecule has 124 valence electrons. The van der Waals surface area contributed by atoms with Gasteiger partial charge in [-0.25, -0.2) is 0 Å². The summed E-state index contributed by atoms with van der Waals surface area (Å²) in [7, 11) is 0. The summed E-state index contributed by atoms with van der Waals surface area (Å²) >= 11 is 0. The first-order valence-corrected chi connectivity index (χ1v) is 9.02. The van der Waals surface area contributed by atoms with Crippen molar-refractivity contribution in [1.29, 1.82) is 0 Å². The summed E-state index contributed by atoms with van der Waals surface area (Å²) in [6.45, 7) is 2.79. The molecule has 0 unspecified atom stereocenters. The van der Waals surface area contributed by atoms with Crippen molar-refractivity contribution in [3.8, 4) is 0 Å². The van der Waals surface area contributed by atoms with Gasteiger partial charge < -0.3 is 4.74 Å². The highest BCUT2D eigenvalue weighted by Crippen LogP contribution is 2.10. The monoisotopic (exact) mass is 304 g/mol. The van der Waals surface area contributed by atoms with Crippen LogP contribution in [0.3, 0.4) is 0 Å². The Morgan fingerprint density at radius 1 is 0.864 bits per heavy atom. The summed E-state index contributed by atoms with van der Waals surface area (Å²) in [5.41, 5.74) is 1.31. The standard InChI is InChI=1S/C20H32O2/c1-2-3-4-5-6-7-8-12-17-20(21)22-18-13-16-19-14-10-9-11-15-19/h9-11,14-15H,2-8,12-13,16-18H2,1H3. The molecule has 0 saturated heterocycles. The maximum Gasteiger partial charge on any atom is 0.305 e. The molecule has 0 aliphatic carbocycles. The summed E-state index contributed by atoms with van der Waals surface area (Å²) in [6, 6.07) is 10.3. The normalized spacial score (nSPS) is 10.6. The molecule has 0 spiro atoms. The largest absolute Gasteiger partial charge is 0.466 e. The van der Waals surface area contributed by atoms with E-state index in [0.29, 0.717) is 13.0 Å². The van der Waals surface area contributed by atoms with Gasteiger partial charge in [-0.05, 0) is 24.8 Å². The van der Waals surface area contributed by atoms with Gasteiger partial charge in [0.1, 0.15) is 0 Å². The van der Waals surface area contributed by atoms with Gasteiger partial charge in [-0.2, -0.15) is 0 Å². The van der Waals surface area contributed by atoms with Gasteiger partial charge in [0.05, 0.1) is 6.61 Å². The molecule has 2 heteroatoms. The summed E-state index contributed by atoms with van der Waals surface area (Å²) in [5.74, 6) is -0.0287. The Morgan fingerprint density at radius 2 is 1.50 bits per heavy atom. The molecule has 0 aliphatic heterocycles. The van der Waals surface area contributed by atoms with E-state index < -0.39 is 0 Å². The van der Waals surface area contributed by atoms with Crippen LogP contribution in [0.5, 0.6) is 0 Å². The molecule has 0 fully saturated rings. The molecule has 0 amide bonds. The number of carbonyl (C=O) groups excluding carboxylic acids is 1. The lowest BCUT2D eigenvalue weighted by molar-refractivity contribution is -0.143. The number of rotatable bonds is 13. The van der Waals surface area contributed by atoms with E-state index in [1.54, 1.807) is 0 Å². The lowest BCUT2D eigenvalue weighted by atomic mass is 10.1. The minimum Gasteiger partial charge on any atom is -0.466 e. The average molecular weight is 304 g/mol. The lowest BCUT2D eigenvalue weighted by Crippen LogP contribution is -2.06. The van der Waals surface area contributed by atoms with E-state index in [-0.39, 0.29) is 5.97 Å². The van der Waals surface area contributed by atoms with Crippen LogP contribution in [-0.2, 0) is 16.0 Å². The molecule has 0 saturated carbocycles. The Balaban J connectivity index is 1.87. The number of carbonyl (C=O) groups is 1. The molecule has 1 rings (SSSR count). The highest BCUT2D eigenvalue weighted by atomic mass is 16.5. The number of benzene rings is 1. The first kappa shape index (κ1) is 18.7. The molecule has 0 atom stereocenters. The fourth-order valence-electron chi connectivity index (χ4n) is 2.58. The molecular weight excluding hydrogens is 272 g/mol. The van der Waals surface area contributed by atoms with E-state index in [9.17, 15) is 4.79 Å². The van der Waals surface area contributed by atoms with Crippen LogP contribution in [0.25, 0.3) is 0 Å². The maximum atomic E-state index is 11.6. The molecule has 0 heterocycles. The highest BCUT2D eigenvalue weighted by Gasteiger charge is 2.02. The van der Waals surface area contributed by atoms with Crippen LogP contribution in [0.1, 0.15) is 76.7 Å². The van der Waals surface area contributed by atoms with Crippen molar-refractivity contribution < 1.29 is 9.53 Å². The van der Waals surface area contributed by atoms with E-state index in [1.165, 1.54) is 44.1 Å². The number of hydrogen-bond donors (Lipinski definition) is 0. The fraction of sp³-hybridized carbons (Fsp3) is 0.650. The molecule has 0 N–H and O–H groups in total. The number of unbranched alkanes of at least 4 members (excludes halogenated alkanes) is 7. The van der Waals surface area contributed by atoms with E-state index in [4.69, 9.17) is 4.74 Å². The van der Waals surface area contributed by atoms with Gasteiger partial charge in [-0.3, -0.25) is 4.79 Å². The van der Waals surface area contributed by atoms with Crippen molar-refractivity contribution in [1.82, 2.24) is 0 Å². The van der Waals surface area contributed by atoms with Crippen LogP contribution < -0.4 is 0 Å². The van der Waals surface area contributed by atoms with Crippen LogP contribution in [0, 0.1) is 0 Å². The van der Waals surface area contributed by atoms with E-state index in [1.807, 2.05) is 18.2 Å². The molecule has 0 aliphatic rings. The van der Waals surface area contributed by atoms with Gasteiger partial charge in [0, 0.05) is 6.42 Å². The quantitative estimate of drug-likeness (QED) is 0.345. The lowest BCUT2D eigenvalue weighted by Gasteiger charge is -2.05. The Labute approximate surface area is 136 Å². The smallest absolute Gasteiger partial charge is 0.305 e. The van der Waals surface area contributed by atoms with Crippen molar-refractivity contribution in [3.05, 3.63) is 35.9 Å². The fourth-order valence-corrected chi connectivity index (χ4v) is 2.58. The van der Waals surface area contributed by atoms with Crippen molar-refractivity contribution in [2.45, 2.75) is 77.6 Å². The minimum atomic E-state index is -0.0287. The van der Waals surface area contributed by atoms with Crippen molar-refractivity contribution in [2.24, 2.45) is 0 Å². The third-order valence-corrected chi connectivity index (χ3v) is 3.95. The predicted octanol–water partition coefficient (Wildman–Crippen LogP) is 5.69. The zero-order chi connectivity index (χ0) is 15.9. The van der Waals surface area contributed by atoms with Crippen molar-refractivity contribution >= 4 is 5.97 Å². The molecular formula is C20H32O2. The zero-order valence-electron chi connectivity index (χ0n) is 14.2. The predicted molar refractivity (Wildman–Crippen MR) is 92.9 cm³/mol. The van der Waals surface area contributed by atoms with Crippen LogP contribution in [0.2, 0.25) is 0 Å². The Kier molecular flexibility index (Phi) is 11.4. The second kappa shape index (κ2) is 13.4. The van der Waals surface area contributed by atoms with E-state index >= 15 is 0 Å². The van der Waals surface area contributed by atoms with Gasteiger partial charge in [0.2, 0.25) is 0 Å². The molecule has 0 radical (unpaired) electrons. The van der Waals surface area contributed by atoms with Gasteiger partial charge in [0.15, 0.2) is 0 Å². The summed E-state index contributed by atoms with van der Waals surface area (Å²) < 4.78 is 5.28. The van der Waals surface area contributed by atoms with Crippen LogP contribution >= 0.6 is 0 Å². The molecule has 0 bridgehead atoms. The second-order valence-corrected chi connectivity index (χ2v) is 6.03. The van der Waals surface area contributed by atoms with Gasteiger partial charge in [-0.15, -0.1) is 0 Å². The summed E-state index contributed by atoms with van der Waals surface area (Å²) in [4.78, 5) is 11.6. The summed E-state index contributed by atoms with van der Waals surface area (Å²) in [6.07, 6.45) is 12.5. The molecule has 0 aromatic heterocycles. The van der Waals surface area contributed by atoms with Gasteiger partial charge in [0.25, 0.3) is 0 Å². The van der Waals surface area contributed by atoms with Gasteiger partial charge in [-0.1, -0.05) is 82.2 Å². The number of hydrogen-bond acceptors (Lipinski definition) is 2. The number of ether oxygens (including phenoxy) is 1. The van der Waals surface area contributed by atoms with Crippen LogP contribution in [0.4, 0.5) is 0 Å². The average Bonchev–Trinajstić information content (AvgIpc) is 2.55. The minimum absolute atomic E-state index is 0.0287. The van der Waals surface area contributed by atoms with E-state index in [2.05, 4.69) is 19.1 Å². The topological polar surface area (TPSA) is 26.3 Å². The van der Waals surface area contributed by atoms with E-state index in [0.717, 1.165) is 25.7 Å². The Hall–Kier alpha value is -1.31. The zero-order valence-corrected chi connectivity index (χ0v) is 14.2. The number of aryl methyl sites for hydroxylation is 1.